The van der Waals surface area contributed by atoms with Crippen molar-refractivity contribution < 1.29 is 19.5 Å². The van der Waals surface area contributed by atoms with Gasteiger partial charge >= 0.3 is 5.97 Å². The van der Waals surface area contributed by atoms with E-state index in [2.05, 4.69) is 17.6 Å². The Hall–Kier alpha value is -1.89. The van der Waals surface area contributed by atoms with Crippen LogP contribution in [0, 0.1) is 11.8 Å². The zero-order chi connectivity index (χ0) is 21.0. The number of hydrogen-bond acceptors (Lipinski definition) is 4. The number of aliphatic carboxylic acids is 1. The normalized spacial score (nSPS) is 20.1. The number of amides is 2. The standard InChI is InChI=1S/C22H32N2O4S/c1-3-14-8-9-16-17(12-14)29-22(24-18(25)10-13(2)11-19(26)27)20(16)21(28)23-15-6-4-5-7-15/h13-15H,3-12H2,1-2H3,(H,23,28)(H,24,25)(H,26,27). The molecule has 1 fully saturated rings. The van der Waals surface area contributed by atoms with Gasteiger partial charge in [-0.15, -0.1) is 11.3 Å². The van der Waals surface area contributed by atoms with Crippen molar-refractivity contribution in [3.8, 4) is 0 Å². The van der Waals surface area contributed by atoms with E-state index in [4.69, 9.17) is 5.11 Å². The highest BCUT2D eigenvalue weighted by atomic mass is 32.1. The molecule has 6 nitrogen and oxygen atoms in total. The number of nitrogens with one attached hydrogen (secondary N) is 2. The van der Waals surface area contributed by atoms with Crippen LogP contribution in [0.25, 0.3) is 0 Å². The molecule has 0 spiro atoms. The summed E-state index contributed by atoms with van der Waals surface area (Å²) in [6, 6.07) is 0.226. The van der Waals surface area contributed by atoms with E-state index in [1.165, 1.54) is 16.2 Å². The summed E-state index contributed by atoms with van der Waals surface area (Å²) in [5.41, 5.74) is 1.75. The fourth-order valence-electron chi connectivity index (χ4n) is 4.52. The molecular formula is C22H32N2O4S. The zero-order valence-corrected chi connectivity index (χ0v) is 18.2. The summed E-state index contributed by atoms with van der Waals surface area (Å²) >= 11 is 1.53. The van der Waals surface area contributed by atoms with Crippen LogP contribution in [0.15, 0.2) is 0 Å². The number of carbonyl (C=O) groups is 3. The van der Waals surface area contributed by atoms with E-state index in [1.807, 2.05) is 0 Å². The molecule has 2 aliphatic carbocycles. The summed E-state index contributed by atoms with van der Waals surface area (Å²) in [6.07, 6.45) is 8.47. The number of hydrogen-bond donors (Lipinski definition) is 3. The van der Waals surface area contributed by atoms with Gasteiger partial charge in [-0.25, -0.2) is 0 Å². The number of carboxylic acids is 1. The summed E-state index contributed by atoms with van der Waals surface area (Å²) in [4.78, 5) is 37.7. The highest BCUT2D eigenvalue weighted by Crippen LogP contribution is 2.40. The Morgan fingerprint density at radius 2 is 1.90 bits per heavy atom. The van der Waals surface area contributed by atoms with Gasteiger partial charge in [0.05, 0.1) is 5.56 Å². The van der Waals surface area contributed by atoms with Gasteiger partial charge < -0.3 is 15.7 Å². The van der Waals surface area contributed by atoms with Crippen molar-refractivity contribution in [2.24, 2.45) is 11.8 Å². The molecule has 0 saturated heterocycles. The van der Waals surface area contributed by atoms with Gasteiger partial charge in [-0.3, -0.25) is 14.4 Å². The number of anilines is 1. The van der Waals surface area contributed by atoms with Gasteiger partial charge in [0.15, 0.2) is 0 Å². The van der Waals surface area contributed by atoms with E-state index in [0.717, 1.165) is 56.9 Å². The van der Waals surface area contributed by atoms with E-state index < -0.39 is 5.97 Å². The maximum atomic E-state index is 13.1. The van der Waals surface area contributed by atoms with E-state index >= 15 is 0 Å². The average Bonchev–Trinajstić information content (AvgIpc) is 3.26. The van der Waals surface area contributed by atoms with Gasteiger partial charge in [0.2, 0.25) is 5.91 Å². The maximum Gasteiger partial charge on any atom is 0.303 e. The number of rotatable bonds is 8. The van der Waals surface area contributed by atoms with Crippen LogP contribution < -0.4 is 10.6 Å². The molecule has 2 unspecified atom stereocenters. The van der Waals surface area contributed by atoms with Crippen molar-refractivity contribution in [1.29, 1.82) is 0 Å². The lowest BCUT2D eigenvalue weighted by atomic mass is 9.85. The third kappa shape index (κ3) is 5.59. The van der Waals surface area contributed by atoms with E-state index in [1.54, 1.807) is 6.92 Å². The minimum absolute atomic E-state index is 0.0401. The third-order valence-electron chi connectivity index (χ3n) is 6.17. The predicted octanol–water partition coefficient (Wildman–Crippen LogP) is 4.37. The van der Waals surface area contributed by atoms with Crippen LogP contribution in [0.5, 0.6) is 0 Å². The summed E-state index contributed by atoms with van der Waals surface area (Å²) in [5, 5.41) is 15.7. The SMILES string of the molecule is CCC1CCc2c(sc(NC(=O)CC(C)CC(=O)O)c2C(=O)NC2CCCC2)C1. The molecule has 7 heteroatoms. The first kappa shape index (κ1) is 21.8. The van der Waals surface area contributed by atoms with E-state index in [-0.39, 0.29) is 36.6 Å². The molecule has 29 heavy (non-hydrogen) atoms. The van der Waals surface area contributed by atoms with E-state index in [9.17, 15) is 14.4 Å². The molecule has 0 aromatic carbocycles. The van der Waals surface area contributed by atoms with Crippen molar-refractivity contribution in [1.82, 2.24) is 5.32 Å². The van der Waals surface area contributed by atoms with Crippen LogP contribution in [0.4, 0.5) is 5.00 Å². The first-order valence-corrected chi connectivity index (χ1v) is 11.7. The highest BCUT2D eigenvalue weighted by molar-refractivity contribution is 7.17. The molecule has 1 heterocycles. The van der Waals surface area contributed by atoms with Crippen LogP contribution >= 0.6 is 11.3 Å². The number of carboxylic acid groups (broad SMARTS) is 1. The number of thiophene rings is 1. The molecule has 2 aliphatic rings. The Bertz CT molecular complexity index is 767. The number of carbonyl (C=O) groups excluding carboxylic acids is 2. The molecule has 160 valence electrons. The van der Waals surface area contributed by atoms with Gasteiger partial charge in [-0.2, -0.15) is 0 Å². The van der Waals surface area contributed by atoms with Crippen molar-refractivity contribution in [2.45, 2.75) is 84.1 Å². The van der Waals surface area contributed by atoms with Crippen LogP contribution in [0.2, 0.25) is 0 Å². The molecule has 1 aromatic rings. The minimum atomic E-state index is -0.904. The smallest absolute Gasteiger partial charge is 0.303 e. The molecule has 1 aromatic heterocycles. The molecule has 3 rings (SSSR count). The maximum absolute atomic E-state index is 13.1. The summed E-state index contributed by atoms with van der Waals surface area (Å²) in [6.45, 7) is 3.95. The quantitative estimate of drug-likeness (QED) is 0.582. The first-order valence-electron chi connectivity index (χ1n) is 10.8. The second-order valence-corrected chi connectivity index (χ2v) is 9.74. The Kier molecular flexibility index (Phi) is 7.33. The molecule has 1 saturated carbocycles. The van der Waals surface area contributed by atoms with Crippen LogP contribution in [-0.4, -0.2) is 28.9 Å². The van der Waals surface area contributed by atoms with Crippen LogP contribution in [0.3, 0.4) is 0 Å². The molecule has 2 amide bonds. The topological polar surface area (TPSA) is 95.5 Å². The fraction of sp³-hybridized carbons (Fsp3) is 0.682. The van der Waals surface area contributed by atoms with Gasteiger partial charge in [0.1, 0.15) is 5.00 Å². The second kappa shape index (κ2) is 9.74. The predicted molar refractivity (Wildman–Crippen MR) is 115 cm³/mol. The second-order valence-electron chi connectivity index (χ2n) is 8.64. The molecule has 0 aliphatic heterocycles. The van der Waals surface area contributed by atoms with Gasteiger partial charge in [0, 0.05) is 23.8 Å². The first-order chi connectivity index (χ1) is 13.9. The summed E-state index contributed by atoms with van der Waals surface area (Å²) in [5.74, 6) is -0.815. The van der Waals surface area contributed by atoms with Crippen molar-refractivity contribution >= 4 is 34.1 Å². The van der Waals surface area contributed by atoms with Crippen LogP contribution in [-0.2, 0) is 22.4 Å². The Balaban J connectivity index is 1.79. The zero-order valence-electron chi connectivity index (χ0n) is 17.4. The Labute approximate surface area is 176 Å². The molecule has 2 atom stereocenters. The molecule has 0 radical (unpaired) electrons. The molecule has 3 N–H and O–H groups in total. The van der Waals surface area contributed by atoms with Gasteiger partial charge in [0.25, 0.3) is 5.91 Å². The van der Waals surface area contributed by atoms with Crippen LogP contribution in [0.1, 0.15) is 86.0 Å². The van der Waals surface area contributed by atoms with Crippen molar-refractivity contribution in [2.75, 3.05) is 5.32 Å². The minimum Gasteiger partial charge on any atom is -0.481 e. The van der Waals surface area contributed by atoms with Gasteiger partial charge in [-0.05, 0) is 49.5 Å². The molecular weight excluding hydrogens is 388 g/mol. The summed E-state index contributed by atoms with van der Waals surface area (Å²) < 4.78 is 0. The van der Waals surface area contributed by atoms with E-state index in [0.29, 0.717) is 16.5 Å². The van der Waals surface area contributed by atoms with Crippen molar-refractivity contribution in [3.05, 3.63) is 16.0 Å². The molecule has 0 bridgehead atoms. The Morgan fingerprint density at radius 3 is 2.55 bits per heavy atom. The van der Waals surface area contributed by atoms with Crippen molar-refractivity contribution in [3.63, 3.8) is 0 Å². The lowest BCUT2D eigenvalue weighted by Crippen LogP contribution is -2.33. The largest absolute Gasteiger partial charge is 0.481 e. The number of fused-ring (bicyclic) bond motifs is 1. The summed E-state index contributed by atoms with van der Waals surface area (Å²) in [7, 11) is 0. The lowest BCUT2D eigenvalue weighted by molar-refractivity contribution is -0.138. The highest BCUT2D eigenvalue weighted by Gasteiger charge is 2.30. The Morgan fingerprint density at radius 1 is 1.17 bits per heavy atom. The monoisotopic (exact) mass is 420 g/mol. The fourth-order valence-corrected chi connectivity index (χ4v) is 5.90. The van der Waals surface area contributed by atoms with Gasteiger partial charge in [-0.1, -0.05) is 33.1 Å². The third-order valence-corrected chi connectivity index (χ3v) is 7.34. The average molecular weight is 421 g/mol. The lowest BCUT2D eigenvalue weighted by Gasteiger charge is -2.21.